The summed E-state index contributed by atoms with van der Waals surface area (Å²) in [6.07, 6.45) is 5.84. The van der Waals surface area contributed by atoms with E-state index in [4.69, 9.17) is 11.6 Å². The molecule has 94 valence electrons. The van der Waals surface area contributed by atoms with E-state index in [2.05, 4.69) is 16.0 Å². The molecule has 3 heterocycles. The van der Waals surface area contributed by atoms with Crippen molar-refractivity contribution in [2.75, 3.05) is 6.54 Å². The summed E-state index contributed by atoms with van der Waals surface area (Å²) in [5.74, 6) is -0.203. The molecule has 1 aliphatic carbocycles. The average Bonchev–Trinajstić information content (AvgIpc) is 2.79. The Hall–Kier alpha value is -1.06. The van der Waals surface area contributed by atoms with E-state index >= 15 is 0 Å². The minimum Gasteiger partial charge on any atom is -0.341 e. The Bertz CT molecular complexity index is 684. The third kappa shape index (κ3) is 1.26. The monoisotopic (exact) mass is 264 g/mol. The standard InChI is InChI=1S/C14H14ClFN2/c15-13-10(16)6-8-3-5-18-11-2-1-4-17-7-9(11)12(13)14(8)18/h2,6,13,17H,1,3-5,7H2. The van der Waals surface area contributed by atoms with E-state index in [0.717, 1.165) is 43.6 Å². The van der Waals surface area contributed by atoms with E-state index in [1.165, 1.54) is 16.3 Å². The average molecular weight is 265 g/mol. The Morgan fingerprint density at radius 2 is 2.33 bits per heavy atom. The highest BCUT2D eigenvalue weighted by Gasteiger charge is 2.31. The van der Waals surface area contributed by atoms with Crippen LogP contribution in [0, 0.1) is 0 Å². The molecule has 0 bridgehead atoms. The van der Waals surface area contributed by atoms with Crippen LogP contribution in [0.25, 0.3) is 11.6 Å². The summed E-state index contributed by atoms with van der Waals surface area (Å²) in [5.41, 5.74) is 3.31. The van der Waals surface area contributed by atoms with E-state index in [0.29, 0.717) is 0 Å². The predicted octanol–water partition coefficient (Wildman–Crippen LogP) is 1.46. The summed E-state index contributed by atoms with van der Waals surface area (Å²) in [7, 11) is 0. The maximum atomic E-state index is 13.9. The first-order valence-corrected chi connectivity index (χ1v) is 6.87. The van der Waals surface area contributed by atoms with Crippen LogP contribution in [0.3, 0.4) is 0 Å². The van der Waals surface area contributed by atoms with Crippen molar-refractivity contribution in [2.24, 2.45) is 0 Å². The third-order valence-corrected chi connectivity index (χ3v) is 4.55. The number of allylic oxidation sites excluding steroid dienone is 2. The highest BCUT2D eigenvalue weighted by Crippen LogP contribution is 2.35. The molecule has 2 aliphatic heterocycles. The molecule has 0 radical (unpaired) electrons. The summed E-state index contributed by atoms with van der Waals surface area (Å²) in [6, 6.07) is 0. The molecule has 0 spiro atoms. The summed E-state index contributed by atoms with van der Waals surface area (Å²) >= 11 is 6.28. The molecule has 4 heteroatoms. The second-order valence-electron chi connectivity index (χ2n) is 5.11. The van der Waals surface area contributed by atoms with Gasteiger partial charge in [0, 0.05) is 24.0 Å². The molecule has 0 aromatic carbocycles. The number of nitrogens with one attached hydrogen (secondary N) is 1. The first-order chi connectivity index (χ1) is 8.77. The van der Waals surface area contributed by atoms with Crippen molar-refractivity contribution in [3.63, 3.8) is 0 Å². The minimum atomic E-state index is -0.606. The maximum absolute atomic E-state index is 13.9. The Labute approximate surface area is 109 Å². The van der Waals surface area contributed by atoms with Crippen molar-refractivity contribution in [3.05, 3.63) is 33.7 Å². The molecule has 18 heavy (non-hydrogen) atoms. The van der Waals surface area contributed by atoms with Crippen LogP contribution >= 0.6 is 11.6 Å². The lowest BCUT2D eigenvalue weighted by atomic mass is 9.99. The molecule has 1 aromatic rings. The number of fused-ring (bicyclic) bond motifs is 3. The van der Waals surface area contributed by atoms with E-state index in [-0.39, 0.29) is 5.83 Å². The number of hydrogen-bond acceptors (Lipinski definition) is 1. The van der Waals surface area contributed by atoms with Gasteiger partial charge >= 0.3 is 0 Å². The minimum absolute atomic E-state index is 0.203. The third-order valence-electron chi connectivity index (χ3n) is 4.13. The molecule has 1 atom stereocenters. The van der Waals surface area contributed by atoms with Crippen LogP contribution in [0.15, 0.2) is 11.9 Å². The number of rotatable bonds is 0. The molecule has 1 aromatic heterocycles. The fourth-order valence-corrected chi connectivity index (χ4v) is 3.67. The molecule has 1 N–H and O–H groups in total. The van der Waals surface area contributed by atoms with Crippen molar-refractivity contribution in [1.82, 2.24) is 9.88 Å². The molecule has 1 unspecified atom stereocenters. The number of aromatic nitrogens is 1. The van der Waals surface area contributed by atoms with Crippen molar-refractivity contribution in [3.8, 4) is 0 Å². The molecule has 0 fully saturated rings. The highest BCUT2D eigenvalue weighted by atomic mass is 35.5. The van der Waals surface area contributed by atoms with E-state index in [9.17, 15) is 4.39 Å². The van der Waals surface area contributed by atoms with Crippen LogP contribution in [0.5, 0.6) is 0 Å². The summed E-state index contributed by atoms with van der Waals surface area (Å²) in [4.78, 5) is 0. The maximum Gasteiger partial charge on any atom is 0.123 e. The lowest BCUT2D eigenvalue weighted by molar-refractivity contribution is 0.597. The Kier molecular flexibility index (Phi) is 2.24. The molecular formula is C14H14ClFN2. The van der Waals surface area contributed by atoms with Gasteiger partial charge in [0.1, 0.15) is 11.2 Å². The second kappa shape index (κ2) is 3.72. The zero-order valence-electron chi connectivity index (χ0n) is 9.97. The zero-order chi connectivity index (χ0) is 12.3. The SMILES string of the molecule is FC1=CC2=c3c(c4c(n3CC2)=CCCNC4)C1Cl. The number of nitrogens with zero attached hydrogens (tertiary/aromatic N) is 1. The van der Waals surface area contributed by atoms with Crippen LogP contribution in [0.2, 0.25) is 0 Å². The van der Waals surface area contributed by atoms with Crippen molar-refractivity contribution in [2.45, 2.75) is 31.3 Å². The van der Waals surface area contributed by atoms with E-state index in [1.54, 1.807) is 6.08 Å². The Morgan fingerprint density at radius 1 is 1.44 bits per heavy atom. The molecule has 0 saturated carbocycles. The molecule has 0 saturated heterocycles. The van der Waals surface area contributed by atoms with Crippen molar-refractivity contribution in [1.29, 1.82) is 0 Å². The van der Waals surface area contributed by atoms with Gasteiger partial charge in [-0.1, -0.05) is 6.08 Å². The fourth-order valence-electron chi connectivity index (χ4n) is 3.37. The smallest absolute Gasteiger partial charge is 0.123 e. The molecule has 3 aliphatic rings. The molecule has 2 nitrogen and oxygen atoms in total. The number of alkyl halides is 1. The van der Waals surface area contributed by atoms with Gasteiger partial charge in [-0.15, -0.1) is 11.6 Å². The summed E-state index contributed by atoms with van der Waals surface area (Å²) < 4.78 is 16.3. The zero-order valence-corrected chi connectivity index (χ0v) is 10.7. The van der Waals surface area contributed by atoms with Gasteiger partial charge in [-0.3, -0.25) is 0 Å². The van der Waals surface area contributed by atoms with Gasteiger partial charge in [0.15, 0.2) is 0 Å². The van der Waals surface area contributed by atoms with Gasteiger partial charge < -0.3 is 9.88 Å². The van der Waals surface area contributed by atoms with Gasteiger partial charge in [0.05, 0.1) is 5.35 Å². The summed E-state index contributed by atoms with van der Waals surface area (Å²) in [5, 5.41) is 5.22. The second-order valence-corrected chi connectivity index (χ2v) is 5.55. The van der Waals surface area contributed by atoms with Gasteiger partial charge in [-0.05, 0) is 36.6 Å². The van der Waals surface area contributed by atoms with Gasteiger partial charge in [-0.2, -0.15) is 0 Å². The highest BCUT2D eigenvalue weighted by molar-refractivity contribution is 6.22. The van der Waals surface area contributed by atoms with E-state index < -0.39 is 5.38 Å². The van der Waals surface area contributed by atoms with Gasteiger partial charge in [0.25, 0.3) is 0 Å². The lowest BCUT2D eigenvalue weighted by Crippen LogP contribution is -2.25. The first-order valence-electron chi connectivity index (χ1n) is 6.44. The normalized spacial score (nSPS) is 25.1. The molecule has 0 amide bonds. The van der Waals surface area contributed by atoms with Crippen LogP contribution in [-0.4, -0.2) is 11.1 Å². The van der Waals surface area contributed by atoms with Crippen molar-refractivity contribution >= 4 is 23.3 Å². The van der Waals surface area contributed by atoms with E-state index in [1.807, 2.05) is 0 Å². The van der Waals surface area contributed by atoms with Crippen molar-refractivity contribution < 1.29 is 4.39 Å². The predicted molar refractivity (Wildman–Crippen MR) is 70.3 cm³/mol. The first kappa shape index (κ1) is 10.8. The lowest BCUT2D eigenvalue weighted by Gasteiger charge is -2.14. The molecular weight excluding hydrogens is 251 g/mol. The fraction of sp³-hybridized carbons (Fsp3) is 0.429. The number of halogens is 2. The van der Waals surface area contributed by atoms with Crippen LogP contribution < -0.4 is 16.0 Å². The Morgan fingerprint density at radius 3 is 3.22 bits per heavy atom. The topological polar surface area (TPSA) is 17.0 Å². The van der Waals surface area contributed by atoms with Crippen LogP contribution in [0.1, 0.15) is 29.3 Å². The van der Waals surface area contributed by atoms with Crippen LogP contribution in [-0.2, 0) is 13.1 Å². The quantitative estimate of drug-likeness (QED) is 0.702. The van der Waals surface area contributed by atoms with Gasteiger partial charge in [0.2, 0.25) is 0 Å². The van der Waals surface area contributed by atoms with Gasteiger partial charge in [-0.25, -0.2) is 4.39 Å². The molecule has 4 rings (SSSR count). The largest absolute Gasteiger partial charge is 0.341 e. The summed E-state index contributed by atoms with van der Waals surface area (Å²) in [6.45, 7) is 2.73. The number of hydrogen-bond donors (Lipinski definition) is 1. The van der Waals surface area contributed by atoms with Crippen LogP contribution in [0.4, 0.5) is 4.39 Å². The Balaban J connectivity index is 2.13.